The van der Waals surface area contributed by atoms with Crippen LogP contribution in [0.1, 0.15) is 12.8 Å². The molecule has 2 aliphatic heterocycles. The first kappa shape index (κ1) is 7.38. The lowest BCUT2D eigenvalue weighted by atomic mass is 10.5. The monoisotopic (exact) mass is 146 g/mol. The Labute approximate surface area is 60.8 Å². The molecule has 0 amide bonds. The number of rotatable bonds is 0. The summed E-state index contributed by atoms with van der Waals surface area (Å²) in [5, 5.41) is 0. The molecule has 0 atom stereocenters. The van der Waals surface area contributed by atoms with E-state index in [-0.39, 0.29) is 0 Å². The van der Waals surface area contributed by atoms with Gasteiger partial charge >= 0.3 is 0 Å². The summed E-state index contributed by atoms with van der Waals surface area (Å²) in [4.78, 5) is 0. The molecular formula is C6H14N2S. The molecule has 0 radical (unpaired) electrons. The van der Waals surface area contributed by atoms with Crippen molar-refractivity contribution in [2.75, 3.05) is 24.6 Å². The second-order valence-corrected chi connectivity index (χ2v) is 3.40. The zero-order valence-electron chi connectivity index (χ0n) is 5.65. The van der Waals surface area contributed by atoms with Crippen LogP contribution in [-0.4, -0.2) is 24.6 Å². The fraction of sp³-hybridized carbons (Fsp3) is 1.00. The molecule has 2 N–H and O–H groups in total. The maximum Gasteiger partial charge on any atom is 0.0112 e. The van der Waals surface area contributed by atoms with Crippen molar-refractivity contribution in [3.8, 4) is 0 Å². The zero-order valence-corrected chi connectivity index (χ0v) is 6.47. The second kappa shape index (κ2) is 5.09. The smallest absolute Gasteiger partial charge is 0.0112 e. The highest BCUT2D eigenvalue weighted by molar-refractivity contribution is 8.00. The van der Waals surface area contributed by atoms with Crippen molar-refractivity contribution in [3.63, 3.8) is 0 Å². The Balaban J connectivity index is 0.0000000922. The van der Waals surface area contributed by atoms with Crippen LogP contribution in [0.5, 0.6) is 0 Å². The van der Waals surface area contributed by atoms with Crippen molar-refractivity contribution < 1.29 is 0 Å². The minimum atomic E-state index is 1.14. The van der Waals surface area contributed by atoms with E-state index in [0.717, 1.165) is 13.1 Å². The summed E-state index contributed by atoms with van der Waals surface area (Å²) in [7, 11) is 0. The Hall–Kier alpha value is 0.270. The topological polar surface area (TPSA) is 24.1 Å². The van der Waals surface area contributed by atoms with E-state index in [9.17, 15) is 0 Å². The molecule has 2 rings (SSSR count). The molecule has 0 aromatic heterocycles. The highest BCUT2D eigenvalue weighted by Gasteiger charge is 1.95. The van der Waals surface area contributed by atoms with E-state index in [1.165, 1.54) is 24.3 Å². The fourth-order valence-corrected chi connectivity index (χ4v) is 0.875. The summed E-state index contributed by atoms with van der Waals surface area (Å²) in [5.74, 6) is 2.83. The Morgan fingerprint density at radius 3 is 1.44 bits per heavy atom. The molecule has 2 fully saturated rings. The molecule has 0 spiro atoms. The van der Waals surface area contributed by atoms with Gasteiger partial charge in [0.25, 0.3) is 0 Å². The van der Waals surface area contributed by atoms with E-state index < -0.39 is 0 Å². The standard InChI is InChI=1S/C3H8N2.C3H6S/c1-2-4-5-3-1;1-2-4-3-1/h4-5H,1-3H2;1-3H2. The molecule has 54 valence electrons. The van der Waals surface area contributed by atoms with Crippen molar-refractivity contribution in [2.45, 2.75) is 12.8 Å². The number of hydrogen-bond acceptors (Lipinski definition) is 3. The summed E-state index contributed by atoms with van der Waals surface area (Å²) in [5.41, 5.74) is 5.94. The highest BCUT2D eigenvalue weighted by atomic mass is 32.2. The zero-order chi connectivity index (χ0) is 6.36. The first-order valence-corrected chi connectivity index (χ1v) is 4.69. The third kappa shape index (κ3) is 3.78. The third-order valence-corrected chi connectivity index (χ3v) is 2.46. The predicted octanol–water partition coefficient (Wildman–Crippen LogP) is 0.608. The van der Waals surface area contributed by atoms with Crippen LogP contribution in [0.15, 0.2) is 0 Å². The Morgan fingerprint density at radius 2 is 1.33 bits per heavy atom. The van der Waals surface area contributed by atoms with Crippen LogP contribution in [0.25, 0.3) is 0 Å². The van der Waals surface area contributed by atoms with Gasteiger partial charge in [0.2, 0.25) is 0 Å². The van der Waals surface area contributed by atoms with Gasteiger partial charge in [-0.2, -0.15) is 11.8 Å². The maximum absolute atomic E-state index is 2.97. The van der Waals surface area contributed by atoms with Crippen LogP contribution in [0, 0.1) is 0 Å². The van der Waals surface area contributed by atoms with Gasteiger partial charge in [0.15, 0.2) is 0 Å². The largest absolute Gasteiger partial charge is 0.258 e. The highest BCUT2D eigenvalue weighted by Crippen LogP contribution is 2.14. The molecule has 2 heterocycles. The van der Waals surface area contributed by atoms with Crippen molar-refractivity contribution in [3.05, 3.63) is 0 Å². The quantitative estimate of drug-likeness (QED) is 0.523. The summed E-state index contributed by atoms with van der Waals surface area (Å²) >= 11 is 2.04. The molecule has 2 aliphatic rings. The molecule has 0 aromatic carbocycles. The molecule has 0 unspecified atom stereocenters. The van der Waals surface area contributed by atoms with Crippen LogP contribution >= 0.6 is 11.8 Å². The van der Waals surface area contributed by atoms with Gasteiger partial charge in [0.1, 0.15) is 0 Å². The van der Waals surface area contributed by atoms with Crippen molar-refractivity contribution in [1.29, 1.82) is 0 Å². The SMILES string of the molecule is C1CNNC1.C1CSC1. The molecule has 2 nitrogen and oxygen atoms in total. The van der Waals surface area contributed by atoms with Crippen molar-refractivity contribution in [1.82, 2.24) is 10.9 Å². The van der Waals surface area contributed by atoms with E-state index >= 15 is 0 Å². The average Bonchev–Trinajstić information content (AvgIpc) is 2.07. The van der Waals surface area contributed by atoms with E-state index in [2.05, 4.69) is 10.9 Å². The first-order chi connectivity index (χ1) is 4.50. The van der Waals surface area contributed by atoms with Gasteiger partial charge in [0, 0.05) is 13.1 Å². The number of thioether (sulfide) groups is 1. The predicted molar refractivity (Wildman–Crippen MR) is 42.6 cm³/mol. The van der Waals surface area contributed by atoms with Gasteiger partial charge in [-0.3, -0.25) is 10.9 Å². The molecule has 9 heavy (non-hydrogen) atoms. The number of hydrazine groups is 1. The summed E-state index contributed by atoms with van der Waals surface area (Å²) in [6.45, 7) is 2.28. The fourth-order valence-electron chi connectivity index (χ4n) is 0.586. The molecule has 0 saturated carbocycles. The van der Waals surface area contributed by atoms with Crippen LogP contribution in [0.2, 0.25) is 0 Å². The Bertz CT molecular complexity index is 48.5. The van der Waals surface area contributed by atoms with E-state index in [1.807, 2.05) is 11.8 Å². The second-order valence-electron chi connectivity index (χ2n) is 2.17. The van der Waals surface area contributed by atoms with Crippen LogP contribution < -0.4 is 10.9 Å². The van der Waals surface area contributed by atoms with Gasteiger partial charge < -0.3 is 0 Å². The maximum atomic E-state index is 2.97. The van der Waals surface area contributed by atoms with Gasteiger partial charge in [-0.05, 0) is 24.3 Å². The van der Waals surface area contributed by atoms with Crippen LogP contribution in [0.4, 0.5) is 0 Å². The molecule has 2 saturated heterocycles. The lowest BCUT2D eigenvalue weighted by Gasteiger charge is -2.05. The van der Waals surface area contributed by atoms with Gasteiger partial charge in [0.05, 0.1) is 0 Å². The normalized spacial score (nSPS) is 24.0. The molecule has 3 heteroatoms. The summed E-state index contributed by atoms with van der Waals surface area (Å²) in [6, 6.07) is 0. The summed E-state index contributed by atoms with van der Waals surface area (Å²) in [6.07, 6.45) is 2.74. The van der Waals surface area contributed by atoms with E-state index in [0.29, 0.717) is 0 Å². The van der Waals surface area contributed by atoms with Gasteiger partial charge in [-0.1, -0.05) is 0 Å². The van der Waals surface area contributed by atoms with Crippen molar-refractivity contribution >= 4 is 11.8 Å². The van der Waals surface area contributed by atoms with Gasteiger partial charge in [-0.25, -0.2) is 0 Å². The lowest BCUT2D eigenvalue weighted by molar-refractivity contribution is 0.689. The lowest BCUT2D eigenvalue weighted by Crippen LogP contribution is -2.21. The minimum absolute atomic E-state index is 1.14. The summed E-state index contributed by atoms with van der Waals surface area (Å²) < 4.78 is 0. The van der Waals surface area contributed by atoms with E-state index in [1.54, 1.807) is 0 Å². The van der Waals surface area contributed by atoms with Crippen LogP contribution in [0.3, 0.4) is 0 Å². The number of hydrogen-bond donors (Lipinski definition) is 2. The molecule has 0 aromatic rings. The Morgan fingerprint density at radius 1 is 0.889 bits per heavy atom. The first-order valence-electron chi connectivity index (χ1n) is 3.53. The third-order valence-electron chi connectivity index (χ3n) is 1.31. The minimum Gasteiger partial charge on any atom is -0.258 e. The van der Waals surface area contributed by atoms with E-state index in [4.69, 9.17) is 0 Å². The molecule has 0 bridgehead atoms. The molecule has 0 aliphatic carbocycles. The van der Waals surface area contributed by atoms with Crippen LogP contribution in [-0.2, 0) is 0 Å². The van der Waals surface area contributed by atoms with Gasteiger partial charge in [-0.15, -0.1) is 0 Å². The molecular weight excluding hydrogens is 132 g/mol. The van der Waals surface area contributed by atoms with Crippen molar-refractivity contribution in [2.24, 2.45) is 0 Å². The number of nitrogens with one attached hydrogen (secondary N) is 2. The average molecular weight is 146 g/mol. The Kier molecular flexibility index (Phi) is 4.17.